The van der Waals surface area contributed by atoms with Crippen LogP contribution in [0.2, 0.25) is 0 Å². The average molecular weight is 508 g/mol. The van der Waals surface area contributed by atoms with Gasteiger partial charge in [0.15, 0.2) is 0 Å². The quantitative estimate of drug-likeness (QED) is 0.474. The number of carbonyl (C=O) groups is 3. The van der Waals surface area contributed by atoms with E-state index in [2.05, 4.69) is 15.3 Å². The molecule has 1 saturated heterocycles. The molecule has 3 heterocycles. The number of urea groups is 1. The highest BCUT2D eigenvalue weighted by Gasteiger charge is 2.55. The van der Waals surface area contributed by atoms with E-state index in [-0.39, 0.29) is 6.42 Å². The van der Waals surface area contributed by atoms with Gasteiger partial charge in [-0.05, 0) is 55.2 Å². The highest BCUT2D eigenvalue weighted by molar-refractivity contribution is 6.12. The van der Waals surface area contributed by atoms with Crippen LogP contribution in [0, 0.1) is 18.7 Å². The number of imide groups is 1. The molecule has 0 unspecified atom stereocenters. The molecule has 10 nitrogen and oxygen atoms in total. The highest BCUT2D eigenvalue weighted by Crippen LogP contribution is 2.33. The van der Waals surface area contributed by atoms with E-state index in [4.69, 9.17) is 5.73 Å². The van der Waals surface area contributed by atoms with Crippen molar-refractivity contribution in [3.63, 3.8) is 0 Å². The number of aromatic nitrogens is 3. The summed E-state index contributed by atoms with van der Waals surface area (Å²) in [6.07, 6.45) is 3.92. The Labute approximate surface area is 214 Å². The van der Waals surface area contributed by atoms with Gasteiger partial charge in [0.25, 0.3) is 5.91 Å². The lowest BCUT2D eigenvalue weighted by atomic mass is 9.81. The molecule has 4 rings (SSSR count). The fourth-order valence-corrected chi connectivity index (χ4v) is 4.74. The van der Waals surface area contributed by atoms with Gasteiger partial charge in [0.2, 0.25) is 11.9 Å². The van der Waals surface area contributed by atoms with Crippen LogP contribution >= 0.6 is 0 Å². The summed E-state index contributed by atoms with van der Waals surface area (Å²) in [7, 11) is 3.30. The number of imidazole rings is 1. The van der Waals surface area contributed by atoms with Gasteiger partial charge in [-0.15, -0.1) is 0 Å². The fraction of sp³-hybridized carbons (Fsp3) is 0.346. The number of β-lactam (4-membered cyclic amide) rings is 1. The van der Waals surface area contributed by atoms with Gasteiger partial charge < -0.3 is 15.6 Å². The number of anilines is 2. The summed E-state index contributed by atoms with van der Waals surface area (Å²) in [5.41, 5.74) is 7.87. The predicted octanol–water partition coefficient (Wildman–Crippen LogP) is 2.74. The Bertz CT molecular complexity index is 1320. The first-order valence-corrected chi connectivity index (χ1v) is 12.0. The van der Waals surface area contributed by atoms with Gasteiger partial charge in [-0.25, -0.2) is 19.2 Å². The highest BCUT2D eigenvalue weighted by atomic mass is 19.1. The van der Waals surface area contributed by atoms with Crippen LogP contribution < -0.4 is 16.0 Å². The molecule has 0 saturated carbocycles. The van der Waals surface area contributed by atoms with Crippen LogP contribution in [-0.4, -0.2) is 50.4 Å². The Hall–Kier alpha value is -4.28. The van der Waals surface area contributed by atoms with Crippen molar-refractivity contribution in [3.8, 4) is 0 Å². The van der Waals surface area contributed by atoms with E-state index >= 15 is 0 Å². The second-order valence-electron chi connectivity index (χ2n) is 9.21. The molecular formula is C26H30FN7O3. The zero-order chi connectivity index (χ0) is 26.9. The zero-order valence-electron chi connectivity index (χ0n) is 21.2. The van der Waals surface area contributed by atoms with Crippen molar-refractivity contribution in [3.05, 3.63) is 71.4 Å². The van der Waals surface area contributed by atoms with Crippen molar-refractivity contribution >= 4 is 29.6 Å². The number of hydrogen-bond acceptors (Lipinski definition) is 6. The number of halogens is 1. The number of aryl methyl sites for hydroxylation is 2. The number of nitrogen functional groups attached to an aromatic ring is 1. The number of hydrogen-bond donors (Lipinski definition) is 2. The van der Waals surface area contributed by atoms with Crippen molar-refractivity contribution < 1.29 is 18.8 Å². The summed E-state index contributed by atoms with van der Waals surface area (Å²) in [6, 6.07) is 7.05. The van der Waals surface area contributed by atoms with Crippen molar-refractivity contribution in [1.29, 1.82) is 0 Å². The number of carbonyl (C=O) groups excluding carboxylic acids is 3. The second-order valence-corrected chi connectivity index (χ2v) is 9.21. The molecule has 1 aliphatic rings. The Kier molecular flexibility index (Phi) is 7.23. The second kappa shape index (κ2) is 10.4. The molecule has 3 N–H and O–H groups in total. The summed E-state index contributed by atoms with van der Waals surface area (Å²) >= 11 is 0. The lowest BCUT2D eigenvalue weighted by Crippen LogP contribution is -2.70. The van der Waals surface area contributed by atoms with Crippen LogP contribution in [0.15, 0.2) is 48.8 Å². The number of benzene rings is 1. The number of amides is 4. The van der Waals surface area contributed by atoms with Crippen LogP contribution in [0.3, 0.4) is 0 Å². The fourth-order valence-electron chi connectivity index (χ4n) is 4.74. The lowest BCUT2D eigenvalue weighted by molar-refractivity contribution is -0.156. The smallest absolute Gasteiger partial charge is 0.325 e. The standard InChI is InChI=1S/C26H30FN7O3/c1-5-20(17-7-6-8-18(27)14-17)31-26(37)34-22(24(36)33(4)25-29-9-10-32(25)3)19(23(34)35)12-16-11-15(2)30-21(28)13-16/h6-11,13-14,19-20,22H,5,12H2,1-4H3,(H2,28,30)(H,31,37)/t19-,20-,22+/m1/s1. The summed E-state index contributed by atoms with van der Waals surface area (Å²) in [5, 5.41) is 2.79. The minimum absolute atomic E-state index is 0.210. The van der Waals surface area contributed by atoms with Gasteiger partial charge in [-0.3, -0.25) is 19.4 Å². The van der Waals surface area contributed by atoms with Crippen LogP contribution in [0.5, 0.6) is 0 Å². The van der Waals surface area contributed by atoms with Crippen LogP contribution in [0.4, 0.5) is 21.0 Å². The van der Waals surface area contributed by atoms with E-state index in [1.807, 2.05) is 6.92 Å². The number of nitrogens with two attached hydrogens (primary N) is 1. The molecule has 3 aromatic rings. The molecule has 4 amide bonds. The van der Waals surface area contributed by atoms with Crippen LogP contribution in [-0.2, 0) is 23.1 Å². The first-order chi connectivity index (χ1) is 17.6. The molecule has 11 heteroatoms. The zero-order valence-corrected chi connectivity index (χ0v) is 21.2. The van der Waals surface area contributed by atoms with E-state index < -0.39 is 41.7 Å². The minimum Gasteiger partial charge on any atom is -0.384 e. The van der Waals surface area contributed by atoms with E-state index in [1.165, 1.54) is 17.0 Å². The lowest BCUT2D eigenvalue weighted by Gasteiger charge is -2.45. The monoisotopic (exact) mass is 507 g/mol. The maximum absolute atomic E-state index is 13.8. The van der Waals surface area contributed by atoms with Crippen molar-refractivity contribution in [2.75, 3.05) is 17.7 Å². The van der Waals surface area contributed by atoms with E-state index in [1.54, 1.807) is 62.2 Å². The summed E-state index contributed by atoms with van der Waals surface area (Å²) in [4.78, 5) is 50.9. The number of nitrogens with zero attached hydrogens (tertiary/aromatic N) is 5. The molecular weight excluding hydrogens is 477 g/mol. The van der Waals surface area contributed by atoms with Crippen molar-refractivity contribution in [2.24, 2.45) is 13.0 Å². The first-order valence-electron chi connectivity index (χ1n) is 12.0. The molecule has 1 fully saturated rings. The number of nitrogens with one attached hydrogen (secondary N) is 1. The number of rotatable bonds is 7. The van der Waals surface area contributed by atoms with Gasteiger partial charge >= 0.3 is 6.03 Å². The summed E-state index contributed by atoms with van der Waals surface area (Å²) in [6.45, 7) is 3.63. The number of likely N-dealkylation sites (tertiary alicyclic amines) is 1. The van der Waals surface area contributed by atoms with Crippen molar-refractivity contribution in [1.82, 2.24) is 24.8 Å². The van der Waals surface area contributed by atoms with Gasteiger partial charge in [0.05, 0.1) is 12.0 Å². The largest absolute Gasteiger partial charge is 0.384 e. The molecule has 0 radical (unpaired) electrons. The molecule has 0 bridgehead atoms. The van der Waals surface area contributed by atoms with Crippen LogP contribution in [0.25, 0.3) is 0 Å². The SMILES string of the molecule is CC[C@@H](NC(=O)N1C(=O)[C@H](Cc2cc(C)nc(N)c2)[C@H]1C(=O)N(C)c1nccn1C)c1cccc(F)c1. The molecule has 2 aromatic heterocycles. The third-order valence-corrected chi connectivity index (χ3v) is 6.56. The van der Waals surface area contributed by atoms with E-state index in [9.17, 15) is 18.8 Å². The molecule has 194 valence electrons. The van der Waals surface area contributed by atoms with Crippen LogP contribution in [0.1, 0.15) is 36.2 Å². The molecule has 0 spiro atoms. The molecule has 37 heavy (non-hydrogen) atoms. The first kappa shape index (κ1) is 25.8. The molecule has 3 atom stereocenters. The third-order valence-electron chi connectivity index (χ3n) is 6.56. The van der Waals surface area contributed by atoms with Gasteiger partial charge in [0, 0.05) is 32.2 Å². The Morgan fingerprint density at radius 2 is 2.03 bits per heavy atom. The molecule has 1 aromatic carbocycles. The third kappa shape index (κ3) is 5.16. The molecule has 0 aliphatic carbocycles. The Morgan fingerprint density at radius 1 is 1.27 bits per heavy atom. The maximum Gasteiger partial charge on any atom is 0.325 e. The Balaban J connectivity index is 1.62. The Morgan fingerprint density at radius 3 is 2.65 bits per heavy atom. The average Bonchev–Trinajstić information content (AvgIpc) is 3.28. The van der Waals surface area contributed by atoms with Gasteiger partial charge in [-0.1, -0.05) is 19.1 Å². The van der Waals surface area contributed by atoms with Gasteiger partial charge in [-0.2, -0.15) is 0 Å². The van der Waals surface area contributed by atoms with Crippen molar-refractivity contribution in [2.45, 2.75) is 38.8 Å². The topological polar surface area (TPSA) is 126 Å². The maximum atomic E-state index is 13.8. The normalized spacial score (nSPS) is 17.8. The predicted molar refractivity (Wildman–Crippen MR) is 136 cm³/mol. The molecule has 1 aliphatic heterocycles. The summed E-state index contributed by atoms with van der Waals surface area (Å²) in [5.74, 6) is -1.46. The number of likely N-dealkylation sites (N-methyl/N-ethyl adjacent to an activating group) is 1. The van der Waals surface area contributed by atoms with E-state index in [0.29, 0.717) is 29.4 Å². The van der Waals surface area contributed by atoms with Gasteiger partial charge in [0.1, 0.15) is 17.7 Å². The van der Waals surface area contributed by atoms with E-state index in [0.717, 1.165) is 10.5 Å². The summed E-state index contributed by atoms with van der Waals surface area (Å²) < 4.78 is 15.5. The number of pyridine rings is 1. The minimum atomic E-state index is -1.06.